The summed E-state index contributed by atoms with van der Waals surface area (Å²) in [5.74, 6) is -0.642. The van der Waals surface area contributed by atoms with E-state index in [4.69, 9.17) is 4.74 Å². The van der Waals surface area contributed by atoms with Gasteiger partial charge in [0.1, 0.15) is 5.69 Å². The number of aromatic nitrogens is 1. The zero-order valence-electron chi connectivity index (χ0n) is 16.1. The molecule has 6 nitrogen and oxygen atoms in total. The molecule has 1 aromatic heterocycles. The van der Waals surface area contributed by atoms with Crippen molar-refractivity contribution < 1.29 is 19.1 Å². The number of esters is 1. The number of H-pyrrole nitrogens is 1. The fraction of sp³-hybridized carbons (Fsp3) is 0.550. The highest BCUT2D eigenvalue weighted by molar-refractivity contribution is 6.06. The quantitative estimate of drug-likeness (QED) is 0.439. The van der Waals surface area contributed by atoms with Crippen molar-refractivity contribution in [3.05, 3.63) is 35.2 Å². The van der Waals surface area contributed by atoms with Crippen LogP contribution in [0.25, 0.3) is 0 Å². The molecule has 1 aliphatic rings. The standard InChI is InChI=1S/C20H28N2O4/c1-6-11-22(19(24)15-9-8-10-15)14(5)18(23)16-12(3)17(21-13(16)4)20(25)26-7-2/h6,14-15,21H,1,7-11H2,2-5H3/t14-/m0/s1. The van der Waals surface area contributed by atoms with Crippen LogP contribution in [0.15, 0.2) is 12.7 Å². The number of hydrogen-bond donors (Lipinski definition) is 1. The first-order valence-electron chi connectivity index (χ1n) is 9.15. The fourth-order valence-corrected chi connectivity index (χ4v) is 3.35. The molecule has 0 bridgehead atoms. The maximum atomic E-state index is 13.1. The molecule has 1 amide bonds. The highest BCUT2D eigenvalue weighted by Gasteiger charge is 2.35. The molecule has 26 heavy (non-hydrogen) atoms. The number of ether oxygens (including phenoxy) is 1. The van der Waals surface area contributed by atoms with Crippen molar-refractivity contribution in [1.29, 1.82) is 0 Å². The van der Waals surface area contributed by atoms with Crippen LogP contribution in [0, 0.1) is 19.8 Å². The average molecular weight is 360 g/mol. The third-order valence-electron chi connectivity index (χ3n) is 5.07. The van der Waals surface area contributed by atoms with E-state index < -0.39 is 12.0 Å². The van der Waals surface area contributed by atoms with E-state index in [0.717, 1.165) is 19.3 Å². The van der Waals surface area contributed by atoms with Crippen LogP contribution in [0.2, 0.25) is 0 Å². The van der Waals surface area contributed by atoms with Crippen molar-refractivity contribution in [2.75, 3.05) is 13.2 Å². The summed E-state index contributed by atoms with van der Waals surface area (Å²) in [6.07, 6.45) is 4.45. The van der Waals surface area contributed by atoms with Gasteiger partial charge in [0, 0.05) is 23.7 Å². The molecule has 6 heteroatoms. The molecule has 142 valence electrons. The van der Waals surface area contributed by atoms with Crippen LogP contribution >= 0.6 is 0 Å². The summed E-state index contributed by atoms with van der Waals surface area (Å²) < 4.78 is 5.04. The third kappa shape index (κ3) is 3.74. The lowest BCUT2D eigenvalue weighted by atomic mass is 9.84. The van der Waals surface area contributed by atoms with Crippen LogP contribution in [-0.4, -0.2) is 46.7 Å². The van der Waals surface area contributed by atoms with Crippen molar-refractivity contribution in [3.63, 3.8) is 0 Å². The molecule has 0 unspecified atom stereocenters. The fourth-order valence-electron chi connectivity index (χ4n) is 3.35. The SMILES string of the molecule is C=CCN(C(=O)C1CCC1)[C@@H](C)C(=O)c1c(C)[nH]c(C(=O)OCC)c1C. The number of nitrogens with one attached hydrogen (secondary N) is 1. The minimum Gasteiger partial charge on any atom is -0.461 e. The van der Waals surface area contributed by atoms with Crippen molar-refractivity contribution in [1.82, 2.24) is 9.88 Å². The Kier molecular flexibility index (Phi) is 6.40. The number of aromatic amines is 1. The van der Waals surface area contributed by atoms with Gasteiger partial charge in [-0.15, -0.1) is 6.58 Å². The zero-order chi connectivity index (χ0) is 19.4. The minimum atomic E-state index is -0.621. The lowest BCUT2D eigenvalue weighted by Gasteiger charge is -2.34. The van der Waals surface area contributed by atoms with Gasteiger partial charge in [-0.2, -0.15) is 0 Å². The molecule has 0 spiro atoms. The van der Waals surface area contributed by atoms with Gasteiger partial charge in [0.25, 0.3) is 0 Å². The van der Waals surface area contributed by atoms with E-state index in [1.54, 1.807) is 38.7 Å². The highest BCUT2D eigenvalue weighted by Crippen LogP contribution is 2.30. The predicted octanol–water partition coefficient (Wildman–Crippen LogP) is 3.19. The summed E-state index contributed by atoms with van der Waals surface area (Å²) in [7, 11) is 0. The molecule has 1 atom stereocenters. The summed E-state index contributed by atoms with van der Waals surface area (Å²) in [6, 6.07) is -0.621. The second-order valence-corrected chi connectivity index (χ2v) is 6.79. The Morgan fingerprint density at radius 3 is 2.50 bits per heavy atom. The van der Waals surface area contributed by atoms with E-state index in [-0.39, 0.29) is 24.2 Å². The van der Waals surface area contributed by atoms with Gasteiger partial charge >= 0.3 is 5.97 Å². The largest absolute Gasteiger partial charge is 0.461 e. The minimum absolute atomic E-state index is 0.00783. The van der Waals surface area contributed by atoms with Crippen molar-refractivity contribution in [2.24, 2.45) is 5.92 Å². The molecule has 1 aliphatic carbocycles. The smallest absolute Gasteiger partial charge is 0.355 e. The number of aryl methyl sites for hydroxylation is 1. The summed E-state index contributed by atoms with van der Waals surface area (Å²) in [6.45, 7) is 11.2. The Morgan fingerprint density at radius 2 is 2.00 bits per heavy atom. The average Bonchev–Trinajstić information content (AvgIpc) is 2.84. The lowest BCUT2D eigenvalue weighted by Crippen LogP contribution is -2.47. The number of amides is 1. The number of carbonyl (C=O) groups is 3. The first-order valence-corrected chi connectivity index (χ1v) is 9.15. The molecule has 1 fully saturated rings. The van der Waals surface area contributed by atoms with Crippen LogP contribution < -0.4 is 0 Å². The molecule has 0 radical (unpaired) electrons. The Morgan fingerprint density at radius 1 is 1.35 bits per heavy atom. The van der Waals surface area contributed by atoms with Crippen molar-refractivity contribution in [2.45, 2.75) is 53.0 Å². The predicted molar refractivity (Wildman–Crippen MR) is 99.3 cm³/mol. The first kappa shape index (κ1) is 19.9. The maximum Gasteiger partial charge on any atom is 0.355 e. The van der Waals surface area contributed by atoms with Gasteiger partial charge in [-0.1, -0.05) is 12.5 Å². The number of ketones is 1. The van der Waals surface area contributed by atoms with Crippen LogP contribution in [0.3, 0.4) is 0 Å². The van der Waals surface area contributed by atoms with Gasteiger partial charge in [-0.25, -0.2) is 4.79 Å². The second-order valence-electron chi connectivity index (χ2n) is 6.79. The lowest BCUT2D eigenvalue weighted by molar-refractivity contribution is -0.138. The topological polar surface area (TPSA) is 79.5 Å². The van der Waals surface area contributed by atoms with Crippen molar-refractivity contribution in [3.8, 4) is 0 Å². The molecular weight excluding hydrogens is 332 g/mol. The molecular formula is C20H28N2O4. The number of nitrogens with zero attached hydrogens (tertiary/aromatic N) is 1. The normalized spacial score (nSPS) is 15.1. The van der Waals surface area contributed by atoms with Gasteiger partial charge in [0.05, 0.1) is 12.6 Å². The number of rotatable bonds is 8. The first-order chi connectivity index (χ1) is 12.3. The van der Waals surface area contributed by atoms with E-state index >= 15 is 0 Å². The Labute approximate surface area is 154 Å². The van der Waals surface area contributed by atoms with Crippen LogP contribution in [0.1, 0.15) is 65.2 Å². The zero-order valence-corrected chi connectivity index (χ0v) is 16.1. The van der Waals surface area contributed by atoms with Crippen LogP contribution in [0.4, 0.5) is 0 Å². The van der Waals surface area contributed by atoms with Crippen LogP contribution in [-0.2, 0) is 9.53 Å². The summed E-state index contributed by atoms with van der Waals surface area (Å²) in [5, 5.41) is 0. The van der Waals surface area contributed by atoms with Gasteiger partial charge in [0.2, 0.25) is 5.91 Å². The third-order valence-corrected chi connectivity index (χ3v) is 5.07. The van der Waals surface area contributed by atoms with E-state index in [1.807, 2.05) is 0 Å². The molecule has 1 heterocycles. The molecule has 1 saturated carbocycles. The van der Waals surface area contributed by atoms with E-state index in [2.05, 4.69) is 11.6 Å². The Hall–Kier alpha value is -2.37. The van der Waals surface area contributed by atoms with Crippen molar-refractivity contribution >= 4 is 17.7 Å². The van der Waals surface area contributed by atoms with Gasteiger partial charge in [-0.05, 0) is 46.1 Å². The molecule has 2 rings (SSSR count). The van der Waals surface area contributed by atoms with E-state index in [1.165, 1.54) is 0 Å². The van der Waals surface area contributed by atoms with Crippen LogP contribution in [0.5, 0.6) is 0 Å². The Balaban J connectivity index is 2.29. The molecule has 0 aliphatic heterocycles. The Bertz CT molecular complexity index is 716. The molecule has 1 aromatic rings. The van der Waals surface area contributed by atoms with Gasteiger partial charge in [-0.3, -0.25) is 9.59 Å². The molecule has 0 saturated heterocycles. The maximum absolute atomic E-state index is 13.1. The second kappa shape index (κ2) is 8.34. The number of carbonyl (C=O) groups excluding carboxylic acids is 3. The highest BCUT2D eigenvalue weighted by atomic mass is 16.5. The van der Waals surface area contributed by atoms with E-state index in [0.29, 0.717) is 29.1 Å². The monoisotopic (exact) mass is 360 g/mol. The number of Topliss-reactive ketones (excluding diaryl/α,β-unsaturated/α-hetero) is 1. The molecule has 1 N–H and O–H groups in total. The van der Waals surface area contributed by atoms with E-state index in [9.17, 15) is 14.4 Å². The summed E-state index contributed by atoms with van der Waals surface area (Å²) >= 11 is 0. The van der Waals surface area contributed by atoms with Gasteiger partial charge in [0.15, 0.2) is 5.78 Å². The summed E-state index contributed by atoms with van der Waals surface area (Å²) in [4.78, 5) is 42.4. The van der Waals surface area contributed by atoms with Gasteiger partial charge < -0.3 is 14.6 Å². The molecule has 0 aromatic carbocycles. The summed E-state index contributed by atoms with van der Waals surface area (Å²) in [5.41, 5.74) is 1.92. The number of hydrogen-bond acceptors (Lipinski definition) is 4.